The lowest BCUT2D eigenvalue weighted by Crippen LogP contribution is -2.19. The molecule has 106 valence electrons. The van der Waals surface area contributed by atoms with Crippen molar-refractivity contribution in [1.29, 1.82) is 0 Å². The van der Waals surface area contributed by atoms with Gasteiger partial charge in [-0.15, -0.1) is 0 Å². The number of fused-ring (bicyclic) bond motifs is 1. The second kappa shape index (κ2) is 6.05. The minimum atomic E-state index is 0.383. The molecule has 3 rings (SSSR count). The number of thioether (sulfide) groups is 1. The van der Waals surface area contributed by atoms with Gasteiger partial charge >= 0.3 is 0 Å². The molecule has 0 radical (unpaired) electrons. The van der Waals surface area contributed by atoms with Gasteiger partial charge in [0.2, 0.25) is 0 Å². The van der Waals surface area contributed by atoms with E-state index in [4.69, 9.17) is 23.2 Å². The number of nitrogens with one attached hydrogen (secondary N) is 1. The fourth-order valence-electron chi connectivity index (χ4n) is 2.02. The van der Waals surface area contributed by atoms with Crippen molar-refractivity contribution in [3.8, 4) is 0 Å². The molecule has 1 unspecified atom stereocenters. The first kappa shape index (κ1) is 14.4. The molecule has 0 bridgehead atoms. The van der Waals surface area contributed by atoms with Crippen molar-refractivity contribution >= 4 is 68.5 Å². The van der Waals surface area contributed by atoms with Crippen molar-refractivity contribution in [1.82, 2.24) is 0 Å². The Kier molecular flexibility index (Phi) is 4.35. The van der Waals surface area contributed by atoms with Gasteiger partial charge < -0.3 is 5.32 Å². The first-order valence-corrected chi connectivity index (χ1v) is 8.74. The van der Waals surface area contributed by atoms with E-state index in [9.17, 15) is 0 Å². The van der Waals surface area contributed by atoms with Gasteiger partial charge in [-0.25, -0.2) is 0 Å². The summed E-state index contributed by atoms with van der Waals surface area (Å²) in [6, 6.07) is 2.08. The van der Waals surface area contributed by atoms with Crippen LogP contribution in [0, 0.1) is 0 Å². The normalized spacial score (nSPS) is 20.4. The highest BCUT2D eigenvalue weighted by atomic mass is 35.5. The predicted octanol–water partition coefficient (Wildman–Crippen LogP) is 5.40. The summed E-state index contributed by atoms with van der Waals surface area (Å²) < 4.78 is 8.48. The molecule has 0 fully saturated rings. The summed E-state index contributed by atoms with van der Waals surface area (Å²) in [5.41, 5.74) is 2.12. The lowest BCUT2D eigenvalue weighted by atomic mass is 10.2. The molecule has 2 aliphatic rings. The van der Waals surface area contributed by atoms with Gasteiger partial charge in [0.15, 0.2) is 5.17 Å². The second-order valence-corrected chi connectivity index (χ2v) is 6.86. The van der Waals surface area contributed by atoms with E-state index in [0.29, 0.717) is 27.5 Å². The van der Waals surface area contributed by atoms with E-state index in [2.05, 4.69) is 26.0 Å². The summed E-state index contributed by atoms with van der Waals surface area (Å²) in [6.45, 7) is 2.15. The van der Waals surface area contributed by atoms with Crippen molar-refractivity contribution in [2.45, 2.75) is 25.8 Å². The molecule has 0 aromatic heterocycles. The van der Waals surface area contributed by atoms with Gasteiger partial charge in [0.25, 0.3) is 0 Å². The summed E-state index contributed by atoms with van der Waals surface area (Å²) in [4.78, 5) is 4.68. The van der Waals surface area contributed by atoms with E-state index in [0.717, 1.165) is 40.8 Å². The number of anilines is 1. The fourth-order valence-corrected chi connectivity index (χ4v) is 4.16. The number of hydrogen-bond donors (Lipinski definition) is 1. The van der Waals surface area contributed by atoms with Crippen LogP contribution in [-0.2, 0) is 11.4 Å². The van der Waals surface area contributed by atoms with Crippen LogP contribution in [0.3, 0.4) is 0 Å². The lowest BCUT2D eigenvalue weighted by Gasteiger charge is -2.20. The van der Waals surface area contributed by atoms with Crippen molar-refractivity contribution in [3.63, 3.8) is 0 Å². The SMILES string of the molecule is CCC1CCSC(Nc2c(Cl)cc(Cl)c3c2N=S=N3)=N1. The van der Waals surface area contributed by atoms with Crippen LogP contribution in [0.1, 0.15) is 19.8 Å². The Morgan fingerprint density at radius 2 is 2.10 bits per heavy atom. The van der Waals surface area contributed by atoms with Crippen molar-refractivity contribution in [3.05, 3.63) is 16.1 Å². The van der Waals surface area contributed by atoms with E-state index >= 15 is 0 Å². The molecule has 2 aliphatic heterocycles. The zero-order valence-corrected chi connectivity index (χ0v) is 13.8. The van der Waals surface area contributed by atoms with Crippen molar-refractivity contribution in [2.75, 3.05) is 11.1 Å². The van der Waals surface area contributed by atoms with Gasteiger partial charge in [-0.1, -0.05) is 41.9 Å². The molecule has 20 heavy (non-hydrogen) atoms. The topological polar surface area (TPSA) is 49.1 Å². The molecule has 0 spiro atoms. The van der Waals surface area contributed by atoms with Crippen LogP contribution in [0.4, 0.5) is 17.1 Å². The zero-order valence-electron chi connectivity index (χ0n) is 10.7. The number of nitrogens with zero attached hydrogens (tertiary/aromatic N) is 3. The fraction of sp³-hybridized carbons (Fsp3) is 0.417. The van der Waals surface area contributed by atoms with Crippen LogP contribution in [0.2, 0.25) is 10.0 Å². The lowest BCUT2D eigenvalue weighted by molar-refractivity contribution is 0.634. The van der Waals surface area contributed by atoms with E-state index in [-0.39, 0.29) is 0 Å². The maximum absolute atomic E-state index is 6.28. The standard InChI is InChI=1S/C12H12Cl2N4S2/c1-2-6-3-4-19-12(15-6)16-9-7(13)5-8(14)10-11(9)18-20-17-10/h5-6H,2-4H2,1H3,(H,15,16). The Morgan fingerprint density at radius 1 is 1.30 bits per heavy atom. The Morgan fingerprint density at radius 3 is 2.90 bits per heavy atom. The van der Waals surface area contributed by atoms with E-state index in [1.54, 1.807) is 17.8 Å². The van der Waals surface area contributed by atoms with Crippen LogP contribution in [-0.4, -0.2) is 17.0 Å². The van der Waals surface area contributed by atoms with Crippen LogP contribution in [0.15, 0.2) is 19.8 Å². The zero-order chi connectivity index (χ0) is 14.1. The Hall–Kier alpha value is -0.560. The molecule has 0 aliphatic carbocycles. The number of amidine groups is 1. The molecular weight excluding hydrogens is 335 g/mol. The Labute approximate surface area is 135 Å². The largest absolute Gasteiger partial charge is 0.332 e. The summed E-state index contributed by atoms with van der Waals surface area (Å²) in [7, 11) is 0. The van der Waals surface area contributed by atoms with Gasteiger partial charge in [-0.3, -0.25) is 4.99 Å². The molecule has 0 amide bonds. The minimum absolute atomic E-state index is 0.383. The summed E-state index contributed by atoms with van der Waals surface area (Å²) >= 11 is 15.2. The van der Waals surface area contributed by atoms with Gasteiger partial charge in [-0.05, 0) is 18.9 Å². The van der Waals surface area contributed by atoms with Crippen LogP contribution >= 0.6 is 35.0 Å². The molecule has 0 saturated heterocycles. The monoisotopic (exact) mass is 346 g/mol. The molecule has 1 aromatic rings. The van der Waals surface area contributed by atoms with Gasteiger partial charge in [0.05, 0.1) is 33.1 Å². The smallest absolute Gasteiger partial charge is 0.161 e. The van der Waals surface area contributed by atoms with Crippen molar-refractivity contribution in [2.24, 2.45) is 13.7 Å². The molecule has 8 heteroatoms. The van der Waals surface area contributed by atoms with Gasteiger partial charge in [0.1, 0.15) is 11.4 Å². The maximum atomic E-state index is 6.28. The summed E-state index contributed by atoms with van der Waals surface area (Å²) in [6.07, 6.45) is 2.17. The molecule has 1 aromatic carbocycles. The molecule has 2 heterocycles. The third-order valence-electron chi connectivity index (χ3n) is 3.14. The number of aliphatic imine (C=N–C) groups is 1. The average molecular weight is 347 g/mol. The average Bonchev–Trinajstić information content (AvgIpc) is 2.93. The first-order valence-electron chi connectivity index (χ1n) is 6.27. The second-order valence-electron chi connectivity index (χ2n) is 4.44. The van der Waals surface area contributed by atoms with Crippen LogP contribution in [0.5, 0.6) is 0 Å². The Balaban J connectivity index is 1.94. The van der Waals surface area contributed by atoms with E-state index in [1.165, 1.54) is 0 Å². The minimum Gasteiger partial charge on any atom is -0.332 e. The summed E-state index contributed by atoms with van der Waals surface area (Å²) in [5, 5.41) is 5.25. The van der Waals surface area contributed by atoms with Crippen molar-refractivity contribution < 1.29 is 0 Å². The maximum Gasteiger partial charge on any atom is 0.161 e. The van der Waals surface area contributed by atoms with E-state index in [1.807, 2.05) is 0 Å². The molecular formula is C12H12Cl2N4S2. The molecule has 1 N–H and O–H groups in total. The van der Waals surface area contributed by atoms with Crippen LogP contribution in [0.25, 0.3) is 0 Å². The number of hydrogen-bond acceptors (Lipinski definition) is 5. The van der Waals surface area contributed by atoms with Crippen LogP contribution < -0.4 is 5.32 Å². The molecule has 4 nitrogen and oxygen atoms in total. The Bertz CT molecular complexity index is 653. The third-order valence-corrected chi connectivity index (χ3v) is 5.17. The van der Waals surface area contributed by atoms with Gasteiger partial charge in [0, 0.05) is 5.75 Å². The molecule has 1 atom stereocenters. The number of halogens is 2. The quantitative estimate of drug-likeness (QED) is 0.790. The number of benzene rings is 1. The highest BCUT2D eigenvalue weighted by Gasteiger charge is 2.21. The van der Waals surface area contributed by atoms with Gasteiger partial charge in [-0.2, -0.15) is 8.73 Å². The first-order chi connectivity index (χ1) is 9.69. The third kappa shape index (κ3) is 2.74. The highest BCUT2D eigenvalue weighted by Crippen LogP contribution is 2.48. The summed E-state index contributed by atoms with van der Waals surface area (Å²) in [5.74, 6) is 1.06. The predicted molar refractivity (Wildman–Crippen MR) is 90.2 cm³/mol. The molecule has 0 saturated carbocycles. The number of rotatable bonds is 2. The van der Waals surface area contributed by atoms with E-state index < -0.39 is 0 Å². The highest BCUT2D eigenvalue weighted by molar-refractivity contribution is 8.14.